The molecule has 2 saturated heterocycles. The van der Waals surface area contributed by atoms with Gasteiger partial charge in [0.15, 0.2) is 0 Å². The number of nitrogens with zero attached hydrogens (tertiary/aromatic N) is 2. The third-order valence-corrected chi connectivity index (χ3v) is 8.18. The van der Waals surface area contributed by atoms with Crippen molar-refractivity contribution in [2.45, 2.75) is 32.1 Å². The minimum absolute atomic E-state index is 0.0497. The molecule has 1 aliphatic carbocycles. The molecule has 6 rings (SSSR count). The minimum atomic E-state index is -1.08. The van der Waals surface area contributed by atoms with E-state index >= 15 is 0 Å². The standard InChI is InChI=1S/C29H26Cl2N2O3/c30-24-9-10-25(31)28(29(34)35)23(24)17-22-20-7-5-18(32-11-1-2-12-32)15-26(20)36-27-16-19(6-8-21(22)27)33-13-3-4-14-33/h5-10,15-16H,1-4,11-14,17H2/p+1. The monoisotopic (exact) mass is 521 g/mol. The molecule has 1 N–H and O–H groups in total. The van der Waals surface area contributed by atoms with E-state index in [4.69, 9.17) is 27.6 Å². The Balaban J connectivity index is 1.60. The lowest BCUT2D eigenvalue weighted by atomic mass is 9.92. The molecular weight excluding hydrogens is 495 g/mol. The van der Waals surface area contributed by atoms with E-state index in [1.165, 1.54) is 31.7 Å². The Labute approximate surface area is 219 Å². The number of fused-ring (bicyclic) bond motifs is 2. The van der Waals surface area contributed by atoms with Crippen LogP contribution >= 0.6 is 23.2 Å². The molecule has 0 amide bonds. The Morgan fingerprint density at radius 3 is 2.42 bits per heavy atom. The maximum Gasteiger partial charge on any atom is 0.337 e. The number of rotatable bonds is 4. The first kappa shape index (κ1) is 23.4. The average Bonchev–Trinajstić information content (AvgIpc) is 3.60. The van der Waals surface area contributed by atoms with Crippen molar-refractivity contribution < 1.29 is 14.3 Å². The Kier molecular flexibility index (Phi) is 6.14. The van der Waals surface area contributed by atoms with Crippen molar-refractivity contribution >= 4 is 45.8 Å². The molecule has 2 aromatic carbocycles. The summed E-state index contributed by atoms with van der Waals surface area (Å²) in [6.45, 7) is 4.19. The summed E-state index contributed by atoms with van der Waals surface area (Å²) in [4.78, 5) is 14.5. The number of carboxylic acids is 1. The molecule has 3 heterocycles. The van der Waals surface area contributed by atoms with Gasteiger partial charge in [-0.05, 0) is 54.3 Å². The lowest BCUT2D eigenvalue weighted by Gasteiger charge is -2.20. The zero-order chi connectivity index (χ0) is 24.8. The molecule has 0 bridgehead atoms. The first-order valence-corrected chi connectivity index (χ1v) is 13.3. The SMILES string of the molecule is O=C(O)c1c(Cl)ccc(Cl)c1Cc1c2ccc(=[N+]3CCCC3)cc-2oc2cc(N3CCCC3)ccc12. The third-order valence-electron chi connectivity index (χ3n) is 7.52. The van der Waals surface area contributed by atoms with Crippen LogP contribution in [0.1, 0.15) is 47.2 Å². The van der Waals surface area contributed by atoms with Gasteiger partial charge in [0.2, 0.25) is 5.36 Å². The van der Waals surface area contributed by atoms with Crippen molar-refractivity contribution in [1.29, 1.82) is 0 Å². The Hall–Kier alpha value is -3.02. The fourth-order valence-electron chi connectivity index (χ4n) is 5.66. The number of carbonyl (C=O) groups is 1. The van der Waals surface area contributed by atoms with Crippen LogP contribution in [0.15, 0.2) is 52.9 Å². The first-order chi connectivity index (χ1) is 17.5. The highest BCUT2D eigenvalue weighted by Crippen LogP contribution is 2.38. The number of hydrogen-bond acceptors (Lipinski definition) is 3. The van der Waals surface area contributed by atoms with Crippen molar-refractivity contribution in [1.82, 2.24) is 4.58 Å². The fraction of sp³-hybridized carbons (Fsp3) is 0.310. The van der Waals surface area contributed by atoms with Gasteiger partial charge in [0, 0.05) is 66.1 Å². The largest absolute Gasteiger partial charge is 0.478 e. The summed E-state index contributed by atoms with van der Waals surface area (Å²) in [5, 5.41) is 12.6. The molecule has 5 nitrogen and oxygen atoms in total. The molecule has 0 saturated carbocycles. The number of benzene rings is 3. The predicted octanol–water partition coefficient (Wildman–Crippen LogP) is 6.30. The molecular formula is C29H27Cl2N2O3+. The van der Waals surface area contributed by atoms with E-state index in [2.05, 4.69) is 45.9 Å². The van der Waals surface area contributed by atoms with Gasteiger partial charge in [0.1, 0.15) is 24.4 Å². The normalized spacial score (nSPS) is 15.9. The van der Waals surface area contributed by atoms with E-state index in [0.29, 0.717) is 17.0 Å². The maximum absolute atomic E-state index is 12.1. The van der Waals surface area contributed by atoms with Crippen LogP contribution in [0.4, 0.5) is 5.69 Å². The van der Waals surface area contributed by atoms with Gasteiger partial charge in [0.25, 0.3) is 0 Å². The van der Waals surface area contributed by atoms with Crippen LogP contribution in [0, 0.1) is 0 Å². The summed E-state index contributed by atoms with van der Waals surface area (Å²) in [5.74, 6) is -0.296. The van der Waals surface area contributed by atoms with Gasteiger partial charge in [-0.1, -0.05) is 23.2 Å². The molecule has 4 aliphatic rings. The van der Waals surface area contributed by atoms with E-state index in [1.54, 1.807) is 6.07 Å². The molecule has 36 heavy (non-hydrogen) atoms. The summed E-state index contributed by atoms with van der Waals surface area (Å²) < 4.78 is 8.91. The van der Waals surface area contributed by atoms with Crippen molar-refractivity contribution in [3.63, 3.8) is 0 Å². The molecule has 2 aromatic rings. The van der Waals surface area contributed by atoms with E-state index in [9.17, 15) is 9.90 Å². The van der Waals surface area contributed by atoms with Gasteiger partial charge in [-0.25, -0.2) is 9.37 Å². The highest BCUT2D eigenvalue weighted by molar-refractivity contribution is 6.36. The first-order valence-electron chi connectivity index (χ1n) is 12.5. The summed E-state index contributed by atoms with van der Waals surface area (Å²) >= 11 is 12.9. The zero-order valence-electron chi connectivity index (χ0n) is 19.9. The van der Waals surface area contributed by atoms with Crippen molar-refractivity contribution in [3.05, 3.63) is 80.6 Å². The zero-order valence-corrected chi connectivity index (χ0v) is 21.4. The second-order valence-electron chi connectivity index (χ2n) is 9.69. The molecule has 0 aromatic heterocycles. The molecule has 0 atom stereocenters. The summed E-state index contributed by atoms with van der Waals surface area (Å²) in [6, 6.07) is 15.9. The summed E-state index contributed by atoms with van der Waals surface area (Å²) in [7, 11) is 0. The van der Waals surface area contributed by atoms with E-state index in [1.807, 2.05) is 0 Å². The predicted molar refractivity (Wildman–Crippen MR) is 145 cm³/mol. The van der Waals surface area contributed by atoms with Crippen LogP contribution < -0.4 is 14.8 Å². The molecule has 0 unspecified atom stereocenters. The molecule has 0 spiro atoms. The molecule has 3 aliphatic heterocycles. The highest BCUT2D eigenvalue weighted by Gasteiger charge is 2.24. The van der Waals surface area contributed by atoms with Crippen LogP contribution in [0.5, 0.6) is 0 Å². The minimum Gasteiger partial charge on any atom is -0.478 e. The second-order valence-corrected chi connectivity index (χ2v) is 10.5. The molecule has 184 valence electrons. The Bertz CT molecular complexity index is 1530. The number of anilines is 1. The van der Waals surface area contributed by atoms with Crippen molar-refractivity contribution in [2.75, 3.05) is 31.1 Å². The fourth-order valence-corrected chi connectivity index (χ4v) is 6.14. The van der Waals surface area contributed by atoms with Crippen molar-refractivity contribution in [2.24, 2.45) is 0 Å². The number of halogens is 2. The van der Waals surface area contributed by atoms with Crippen LogP contribution in [-0.2, 0) is 6.42 Å². The summed E-state index contributed by atoms with van der Waals surface area (Å²) in [5.41, 5.74) is 4.43. The molecule has 2 fully saturated rings. The van der Waals surface area contributed by atoms with Gasteiger partial charge >= 0.3 is 5.97 Å². The quantitative estimate of drug-likeness (QED) is 0.253. The maximum atomic E-state index is 12.1. The van der Waals surface area contributed by atoms with Crippen LogP contribution in [-0.4, -0.2) is 37.3 Å². The number of hydrogen-bond donors (Lipinski definition) is 1. The van der Waals surface area contributed by atoms with E-state index in [-0.39, 0.29) is 10.6 Å². The Morgan fingerprint density at radius 2 is 1.67 bits per heavy atom. The van der Waals surface area contributed by atoms with Crippen LogP contribution in [0.3, 0.4) is 0 Å². The van der Waals surface area contributed by atoms with Crippen LogP contribution in [0.25, 0.3) is 22.3 Å². The smallest absolute Gasteiger partial charge is 0.337 e. The lowest BCUT2D eigenvalue weighted by molar-refractivity contribution is 0.0696. The Morgan fingerprint density at radius 1 is 0.917 bits per heavy atom. The molecule has 7 heteroatoms. The van der Waals surface area contributed by atoms with Crippen molar-refractivity contribution in [3.8, 4) is 11.3 Å². The summed E-state index contributed by atoms with van der Waals surface area (Å²) in [6.07, 6.45) is 5.12. The number of aromatic carboxylic acids is 1. The van der Waals surface area contributed by atoms with E-state index in [0.717, 1.165) is 65.1 Å². The highest BCUT2D eigenvalue weighted by atomic mass is 35.5. The molecule has 0 radical (unpaired) electrons. The van der Waals surface area contributed by atoms with Gasteiger partial charge < -0.3 is 14.4 Å². The topological polar surface area (TPSA) is 56.7 Å². The second kappa shape index (κ2) is 9.45. The average molecular weight is 522 g/mol. The van der Waals surface area contributed by atoms with Gasteiger partial charge in [0.05, 0.1) is 16.7 Å². The van der Waals surface area contributed by atoms with Gasteiger partial charge in [-0.15, -0.1) is 0 Å². The van der Waals surface area contributed by atoms with Crippen LogP contribution in [0.2, 0.25) is 10.0 Å². The van der Waals surface area contributed by atoms with Gasteiger partial charge in [-0.3, -0.25) is 0 Å². The lowest BCUT2D eigenvalue weighted by Crippen LogP contribution is -2.26. The van der Waals surface area contributed by atoms with E-state index < -0.39 is 5.97 Å². The van der Waals surface area contributed by atoms with Gasteiger partial charge in [-0.2, -0.15) is 0 Å². The third kappa shape index (κ3) is 4.14. The number of carboxylic acid groups (broad SMARTS) is 1.